The van der Waals surface area contributed by atoms with Crippen LogP contribution in [0.4, 0.5) is 0 Å². The third-order valence-corrected chi connectivity index (χ3v) is 25.8. The van der Waals surface area contributed by atoms with Crippen molar-refractivity contribution in [3.05, 3.63) is 153 Å². The Kier molecular flexibility index (Phi) is 9.67. The third-order valence-electron chi connectivity index (χ3n) is 12.8. The molecule has 6 aromatic carbocycles. The molecule has 0 saturated carbocycles. The number of hydrogen-bond donors (Lipinski definition) is 0. The summed E-state index contributed by atoms with van der Waals surface area (Å²) in [5, 5.41) is 5.38. The fourth-order valence-corrected chi connectivity index (χ4v) is 28.3. The minimum Gasteiger partial charge on any atom is -1.00 e. The van der Waals surface area contributed by atoms with Crippen LogP contribution in [0.15, 0.2) is 108 Å². The van der Waals surface area contributed by atoms with E-state index < -0.39 is 20.3 Å². The predicted molar refractivity (Wildman–Crippen MR) is 209 cm³/mol. The summed E-state index contributed by atoms with van der Waals surface area (Å²) in [6.45, 7) is 14.5. The Hall–Kier alpha value is -3.22. The summed E-state index contributed by atoms with van der Waals surface area (Å²) in [7, 11) is 0. The van der Waals surface area contributed by atoms with Gasteiger partial charge in [0.25, 0.3) is 0 Å². The van der Waals surface area contributed by atoms with E-state index in [1.165, 1.54) is 74.3 Å². The summed E-state index contributed by atoms with van der Waals surface area (Å²) in [5.41, 5.74) is 21.6. The maximum atomic E-state index is 2.68. The SMILES string of the molecule is CCC1=Cc2c(-c3cccc4ccccc34)cc(C)c(C)c2[CH]1[Zr+2]1([CH]2C(CC)=Cc3c(-c4cccc5ccccc45)cc(C)c(C)c32)[CH2][CH2]1.[Cl-].[Cl-]. The summed E-state index contributed by atoms with van der Waals surface area (Å²) in [6.07, 6.45) is 7.64. The number of allylic oxidation sites excluding steroid dienone is 2. The normalized spacial score (nSPS) is 17.5. The van der Waals surface area contributed by atoms with Crippen molar-refractivity contribution in [1.82, 2.24) is 0 Å². The summed E-state index contributed by atoms with van der Waals surface area (Å²) in [4.78, 5) is 0. The van der Waals surface area contributed by atoms with Crippen molar-refractivity contribution in [1.29, 1.82) is 0 Å². The monoisotopic (exact) mass is 782 g/mol. The van der Waals surface area contributed by atoms with Crippen LogP contribution in [0.2, 0.25) is 8.26 Å². The number of hydrogen-bond acceptors (Lipinski definition) is 0. The van der Waals surface area contributed by atoms with Gasteiger partial charge in [-0.2, -0.15) is 0 Å². The van der Waals surface area contributed by atoms with Gasteiger partial charge in [0.1, 0.15) is 0 Å². The molecule has 51 heavy (non-hydrogen) atoms. The molecule has 1 aliphatic heterocycles. The molecule has 0 radical (unpaired) electrons. The smallest absolute Gasteiger partial charge is 1.00 e. The van der Waals surface area contributed by atoms with Gasteiger partial charge in [0.05, 0.1) is 0 Å². The fraction of sp³-hybridized carbons (Fsp3) is 0.250. The molecule has 9 rings (SSSR count). The van der Waals surface area contributed by atoms with Crippen LogP contribution in [-0.4, -0.2) is 0 Å². The minimum absolute atomic E-state index is 0. The molecular formula is C48H46Cl2Zr. The Balaban J connectivity index is 0.00000203. The fourth-order valence-electron chi connectivity index (χ4n) is 10.1. The summed E-state index contributed by atoms with van der Waals surface area (Å²) < 4.78 is 4.28. The van der Waals surface area contributed by atoms with Crippen LogP contribution in [0.1, 0.15) is 78.4 Å². The largest absolute Gasteiger partial charge is 1.00 e. The van der Waals surface area contributed by atoms with E-state index in [0.717, 1.165) is 12.8 Å². The second-order valence-electron chi connectivity index (χ2n) is 15.2. The van der Waals surface area contributed by atoms with Crippen LogP contribution in [0, 0.1) is 27.7 Å². The van der Waals surface area contributed by atoms with Gasteiger partial charge in [-0.3, -0.25) is 0 Å². The first-order valence-electron chi connectivity index (χ1n) is 18.5. The minimum atomic E-state index is -2.91. The molecule has 0 amide bonds. The Morgan fingerprint density at radius 3 is 1.29 bits per heavy atom. The number of rotatable bonds is 6. The molecule has 0 spiro atoms. The molecule has 2 atom stereocenters. The van der Waals surface area contributed by atoms with E-state index in [1.807, 2.05) is 0 Å². The van der Waals surface area contributed by atoms with Gasteiger partial charge in [-0.15, -0.1) is 0 Å². The molecule has 1 saturated heterocycles. The van der Waals surface area contributed by atoms with Crippen molar-refractivity contribution < 1.29 is 45.1 Å². The van der Waals surface area contributed by atoms with E-state index in [2.05, 4.69) is 151 Å². The molecule has 2 unspecified atom stereocenters. The Bertz CT molecular complexity index is 2250. The molecule has 0 nitrogen and oxygen atoms in total. The molecule has 1 fully saturated rings. The van der Waals surface area contributed by atoms with Gasteiger partial charge in [-0.1, -0.05) is 0 Å². The van der Waals surface area contributed by atoms with Gasteiger partial charge < -0.3 is 24.8 Å². The van der Waals surface area contributed by atoms with Crippen molar-refractivity contribution in [2.75, 3.05) is 0 Å². The second-order valence-corrected chi connectivity index (χ2v) is 26.5. The van der Waals surface area contributed by atoms with Crippen molar-refractivity contribution >= 4 is 33.7 Å². The van der Waals surface area contributed by atoms with E-state index in [4.69, 9.17) is 0 Å². The Labute approximate surface area is 321 Å². The first-order valence-corrected chi connectivity index (χ1v) is 24.8. The molecule has 0 aromatic heterocycles. The standard InChI is InChI=1S/2C23H21.C2H4.2ClH.Zr/c2*1-4-17-13-21-16(3)15(2)12-22(23(21)14-17)20-11-7-9-18-8-5-6-10-19(18)20;1-2;;;/h2*5-14H,4H2,1-3H3;1-2H2;2*1H;/q;;;;;+2/p-2. The zero-order chi connectivity index (χ0) is 33.6. The Morgan fingerprint density at radius 2 is 0.902 bits per heavy atom. The van der Waals surface area contributed by atoms with Crippen LogP contribution in [0.5, 0.6) is 0 Å². The molecule has 256 valence electrons. The van der Waals surface area contributed by atoms with Crippen molar-refractivity contribution in [2.24, 2.45) is 0 Å². The Morgan fingerprint density at radius 1 is 0.510 bits per heavy atom. The predicted octanol–water partition coefficient (Wildman–Crippen LogP) is 7.97. The first-order chi connectivity index (χ1) is 23.9. The van der Waals surface area contributed by atoms with Crippen LogP contribution in [0.3, 0.4) is 0 Å². The zero-order valence-electron chi connectivity index (χ0n) is 30.6. The number of aryl methyl sites for hydroxylation is 2. The zero-order valence-corrected chi connectivity index (χ0v) is 34.6. The molecule has 0 bridgehead atoms. The van der Waals surface area contributed by atoms with Crippen LogP contribution < -0.4 is 24.8 Å². The summed E-state index contributed by atoms with van der Waals surface area (Å²) in [5.74, 6) is 0. The van der Waals surface area contributed by atoms with E-state index in [9.17, 15) is 0 Å². The van der Waals surface area contributed by atoms with E-state index in [1.54, 1.807) is 33.4 Å². The van der Waals surface area contributed by atoms with Gasteiger partial charge in [0.2, 0.25) is 0 Å². The first kappa shape index (κ1) is 36.2. The van der Waals surface area contributed by atoms with Crippen LogP contribution in [-0.2, 0) is 20.3 Å². The van der Waals surface area contributed by atoms with E-state index in [0.29, 0.717) is 7.25 Å². The number of halogens is 2. The van der Waals surface area contributed by atoms with Gasteiger partial charge >= 0.3 is 299 Å². The number of benzene rings is 6. The molecule has 1 heterocycles. The van der Waals surface area contributed by atoms with Gasteiger partial charge in [-0.25, -0.2) is 0 Å². The molecule has 2 aliphatic carbocycles. The van der Waals surface area contributed by atoms with Gasteiger partial charge in [0, 0.05) is 0 Å². The van der Waals surface area contributed by atoms with Crippen molar-refractivity contribution in [3.63, 3.8) is 0 Å². The van der Waals surface area contributed by atoms with Crippen LogP contribution >= 0.6 is 0 Å². The summed E-state index contributed by atoms with van der Waals surface area (Å²) >= 11 is -2.91. The molecular weight excluding hydrogens is 739 g/mol. The average molecular weight is 785 g/mol. The topological polar surface area (TPSA) is 0 Å². The average Bonchev–Trinajstić information content (AvgIpc) is 3.66. The van der Waals surface area contributed by atoms with Gasteiger partial charge in [-0.05, 0) is 0 Å². The van der Waals surface area contributed by atoms with Gasteiger partial charge in [0.15, 0.2) is 0 Å². The quantitative estimate of drug-likeness (QED) is 0.161. The number of fused-ring (bicyclic) bond motifs is 4. The maximum absolute atomic E-state index is 2.91. The van der Waals surface area contributed by atoms with Crippen molar-refractivity contribution in [2.45, 2.75) is 69.9 Å². The molecule has 6 aromatic rings. The van der Waals surface area contributed by atoms with E-state index >= 15 is 0 Å². The van der Waals surface area contributed by atoms with Crippen molar-refractivity contribution in [3.8, 4) is 22.3 Å². The third kappa shape index (κ3) is 5.40. The van der Waals surface area contributed by atoms with E-state index in [-0.39, 0.29) is 24.8 Å². The summed E-state index contributed by atoms with van der Waals surface area (Å²) in [6, 6.07) is 36.7. The molecule has 3 aliphatic rings. The molecule has 3 heteroatoms. The maximum Gasteiger partial charge on any atom is -1.00 e. The molecule has 0 N–H and O–H groups in total. The van der Waals surface area contributed by atoms with Crippen LogP contribution in [0.25, 0.3) is 56.0 Å². The second kappa shape index (κ2) is 13.6.